The van der Waals surface area contributed by atoms with E-state index in [-0.39, 0.29) is 12.3 Å². The minimum Gasteiger partial charge on any atom is -0.326 e. The molecule has 0 saturated carbocycles. The van der Waals surface area contributed by atoms with Crippen molar-refractivity contribution in [2.45, 2.75) is 37.8 Å². The summed E-state index contributed by atoms with van der Waals surface area (Å²) in [7, 11) is -3.30. The Morgan fingerprint density at radius 1 is 1.18 bits per heavy atom. The Balaban J connectivity index is 3.08. The Bertz CT molecular complexity index is 504. The van der Waals surface area contributed by atoms with Crippen LogP contribution in [-0.4, -0.2) is 13.2 Å². The summed E-state index contributed by atoms with van der Waals surface area (Å²) >= 11 is 0. The molecule has 1 rings (SSSR count). The molecule has 17 heavy (non-hydrogen) atoms. The minimum absolute atomic E-state index is 0.165. The van der Waals surface area contributed by atoms with E-state index in [0.29, 0.717) is 11.1 Å². The fourth-order valence-electron chi connectivity index (χ4n) is 1.35. The van der Waals surface area contributed by atoms with E-state index in [4.69, 9.17) is 5.73 Å². The SMILES string of the molecule is CC(C)(C)S(=O)(=O)Cc1cc(F)cc(CN)c1. The number of benzene rings is 1. The molecule has 0 spiro atoms. The largest absolute Gasteiger partial charge is 0.326 e. The highest BCUT2D eigenvalue weighted by molar-refractivity contribution is 7.91. The summed E-state index contributed by atoms with van der Waals surface area (Å²) in [5.74, 6) is -0.617. The first-order valence-electron chi connectivity index (χ1n) is 5.36. The Hall–Kier alpha value is -0.940. The number of sulfone groups is 1. The molecule has 2 N–H and O–H groups in total. The Morgan fingerprint density at radius 3 is 2.18 bits per heavy atom. The van der Waals surface area contributed by atoms with Crippen LogP contribution >= 0.6 is 0 Å². The lowest BCUT2D eigenvalue weighted by Gasteiger charge is -2.19. The number of rotatable bonds is 3. The predicted molar refractivity (Wildman–Crippen MR) is 66.7 cm³/mol. The number of halogens is 1. The third kappa shape index (κ3) is 3.51. The lowest BCUT2D eigenvalue weighted by molar-refractivity contribution is 0.559. The molecule has 0 aliphatic heterocycles. The summed E-state index contributed by atoms with van der Waals surface area (Å²) in [6.07, 6.45) is 0. The molecule has 0 fully saturated rings. The van der Waals surface area contributed by atoms with Gasteiger partial charge < -0.3 is 5.73 Å². The molecule has 0 radical (unpaired) electrons. The molecule has 0 aliphatic carbocycles. The van der Waals surface area contributed by atoms with Gasteiger partial charge in [-0.1, -0.05) is 6.07 Å². The van der Waals surface area contributed by atoms with Crippen LogP contribution in [0.4, 0.5) is 4.39 Å². The lowest BCUT2D eigenvalue weighted by Crippen LogP contribution is -2.29. The van der Waals surface area contributed by atoms with Gasteiger partial charge in [-0.25, -0.2) is 12.8 Å². The van der Waals surface area contributed by atoms with Gasteiger partial charge in [0, 0.05) is 6.54 Å². The zero-order valence-electron chi connectivity index (χ0n) is 10.3. The quantitative estimate of drug-likeness (QED) is 0.903. The molecule has 0 atom stereocenters. The van der Waals surface area contributed by atoms with Gasteiger partial charge in [-0.15, -0.1) is 0 Å². The average Bonchev–Trinajstić information content (AvgIpc) is 2.14. The molecule has 0 aliphatic rings. The van der Waals surface area contributed by atoms with Crippen molar-refractivity contribution < 1.29 is 12.8 Å². The summed E-state index contributed by atoms with van der Waals surface area (Å²) in [5, 5.41) is 0. The predicted octanol–water partition coefficient (Wildman–Crippen LogP) is 2.00. The summed E-state index contributed by atoms with van der Waals surface area (Å²) in [6, 6.07) is 4.18. The molecule has 96 valence electrons. The molecule has 0 unspecified atom stereocenters. The maximum absolute atomic E-state index is 13.2. The van der Waals surface area contributed by atoms with Gasteiger partial charge in [-0.05, 0) is 44.0 Å². The van der Waals surface area contributed by atoms with Gasteiger partial charge in [0.05, 0.1) is 10.5 Å². The number of hydrogen-bond donors (Lipinski definition) is 1. The van der Waals surface area contributed by atoms with Crippen molar-refractivity contribution in [1.82, 2.24) is 0 Å². The van der Waals surface area contributed by atoms with Crippen molar-refractivity contribution in [3.8, 4) is 0 Å². The van der Waals surface area contributed by atoms with Gasteiger partial charge in [-0.2, -0.15) is 0 Å². The van der Waals surface area contributed by atoms with E-state index in [0.717, 1.165) is 0 Å². The second-order valence-corrected chi connectivity index (χ2v) is 7.79. The first-order chi connectivity index (χ1) is 7.65. The standard InChI is InChI=1S/C12H18FNO2S/c1-12(2,3)17(15,16)8-10-4-9(7-14)5-11(13)6-10/h4-6H,7-8,14H2,1-3H3. The molecular weight excluding hydrogens is 241 g/mol. The Morgan fingerprint density at radius 2 is 1.71 bits per heavy atom. The molecule has 0 bridgehead atoms. The fourth-order valence-corrected chi connectivity index (χ4v) is 2.39. The van der Waals surface area contributed by atoms with Crippen LogP contribution in [0, 0.1) is 5.82 Å². The molecule has 5 heteroatoms. The first-order valence-corrected chi connectivity index (χ1v) is 7.01. The molecule has 0 amide bonds. The Labute approximate surface area is 102 Å². The van der Waals surface area contributed by atoms with Crippen molar-refractivity contribution in [1.29, 1.82) is 0 Å². The fraction of sp³-hybridized carbons (Fsp3) is 0.500. The van der Waals surface area contributed by atoms with Gasteiger partial charge in [-0.3, -0.25) is 0 Å². The van der Waals surface area contributed by atoms with Gasteiger partial charge in [0.15, 0.2) is 9.84 Å². The van der Waals surface area contributed by atoms with Crippen molar-refractivity contribution >= 4 is 9.84 Å². The molecule has 1 aromatic rings. The smallest absolute Gasteiger partial charge is 0.159 e. The molecule has 0 heterocycles. The van der Waals surface area contributed by atoms with Crippen LogP contribution in [0.1, 0.15) is 31.9 Å². The Kier molecular flexibility index (Phi) is 3.94. The van der Waals surface area contributed by atoms with Crippen molar-refractivity contribution in [3.05, 3.63) is 35.1 Å². The van der Waals surface area contributed by atoms with Gasteiger partial charge in [0.2, 0.25) is 0 Å². The summed E-state index contributed by atoms with van der Waals surface area (Å²) in [6.45, 7) is 5.09. The maximum Gasteiger partial charge on any atom is 0.159 e. The summed E-state index contributed by atoms with van der Waals surface area (Å²) in [5.41, 5.74) is 6.47. The maximum atomic E-state index is 13.2. The normalized spacial score (nSPS) is 12.8. The lowest BCUT2D eigenvalue weighted by atomic mass is 10.1. The molecule has 3 nitrogen and oxygen atoms in total. The second-order valence-electron chi connectivity index (χ2n) is 5.04. The average molecular weight is 259 g/mol. The number of hydrogen-bond acceptors (Lipinski definition) is 3. The highest BCUT2D eigenvalue weighted by Crippen LogP contribution is 2.21. The highest BCUT2D eigenvalue weighted by atomic mass is 32.2. The van der Waals surface area contributed by atoms with E-state index in [2.05, 4.69) is 0 Å². The van der Waals surface area contributed by atoms with E-state index in [9.17, 15) is 12.8 Å². The van der Waals surface area contributed by atoms with Crippen LogP contribution in [0.2, 0.25) is 0 Å². The number of nitrogens with two attached hydrogens (primary N) is 1. The van der Waals surface area contributed by atoms with E-state index in [1.807, 2.05) is 0 Å². The van der Waals surface area contributed by atoms with Gasteiger partial charge >= 0.3 is 0 Å². The first kappa shape index (κ1) is 14.1. The summed E-state index contributed by atoms with van der Waals surface area (Å²) in [4.78, 5) is 0. The van der Waals surface area contributed by atoms with Crippen molar-refractivity contribution in [2.75, 3.05) is 0 Å². The highest BCUT2D eigenvalue weighted by Gasteiger charge is 2.29. The molecule has 1 aromatic carbocycles. The summed E-state index contributed by atoms with van der Waals surface area (Å²) < 4.78 is 36.3. The van der Waals surface area contributed by atoms with Crippen LogP contribution in [0.15, 0.2) is 18.2 Å². The minimum atomic E-state index is -3.30. The van der Waals surface area contributed by atoms with Crippen LogP contribution in [0.3, 0.4) is 0 Å². The van der Waals surface area contributed by atoms with Crippen LogP contribution in [-0.2, 0) is 22.1 Å². The van der Waals surface area contributed by atoms with Crippen molar-refractivity contribution in [3.63, 3.8) is 0 Å². The van der Waals surface area contributed by atoms with Gasteiger partial charge in [0.1, 0.15) is 5.82 Å². The molecular formula is C12H18FNO2S. The monoisotopic (exact) mass is 259 g/mol. The molecule has 0 aromatic heterocycles. The molecule has 0 saturated heterocycles. The van der Waals surface area contributed by atoms with Crippen molar-refractivity contribution in [2.24, 2.45) is 5.73 Å². The van der Waals surface area contributed by atoms with Gasteiger partial charge in [0.25, 0.3) is 0 Å². The third-order valence-electron chi connectivity index (χ3n) is 2.54. The zero-order valence-corrected chi connectivity index (χ0v) is 11.1. The zero-order chi connectivity index (χ0) is 13.3. The van der Waals surface area contributed by atoms with E-state index in [1.165, 1.54) is 12.1 Å². The third-order valence-corrected chi connectivity index (χ3v) is 5.12. The van der Waals surface area contributed by atoms with Crippen LogP contribution < -0.4 is 5.73 Å². The second kappa shape index (κ2) is 4.74. The van der Waals surface area contributed by atoms with E-state index in [1.54, 1.807) is 26.8 Å². The van der Waals surface area contributed by atoms with Crippen LogP contribution in [0.5, 0.6) is 0 Å². The topological polar surface area (TPSA) is 60.2 Å². The van der Waals surface area contributed by atoms with E-state index >= 15 is 0 Å². The van der Waals surface area contributed by atoms with E-state index < -0.39 is 20.4 Å². The van der Waals surface area contributed by atoms with Crippen LogP contribution in [0.25, 0.3) is 0 Å².